The van der Waals surface area contributed by atoms with Gasteiger partial charge in [-0.25, -0.2) is 0 Å². The van der Waals surface area contributed by atoms with Gasteiger partial charge in [0.05, 0.1) is 5.92 Å². The number of amides is 1. The fraction of sp³-hybridized carbons (Fsp3) is 0.857. The van der Waals surface area contributed by atoms with Gasteiger partial charge in [-0.3, -0.25) is 9.59 Å². The molecule has 18 heavy (non-hydrogen) atoms. The van der Waals surface area contributed by atoms with Crippen molar-refractivity contribution >= 4 is 11.9 Å². The maximum absolute atomic E-state index is 12.0. The molecule has 0 spiro atoms. The fourth-order valence-electron chi connectivity index (χ4n) is 2.54. The van der Waals surface area contributed by atoms with Crippen molar-refractivity contribution in [3.63, 3.8) is 0 Å². The van der Waals surface area contributed by atoms with E-state index in [9.17, 15) is 9.59 Å². The summed E-state index contributed by atoms with van der Waals surface area (Å²) in [6.07, 6.45) is 3.36. The van der Waals surface area contributed by atoms with E-state index in [1.54, 1.807) is 13.8 Å². The van der Waals surface area contributed by atoms with Gasteiger partial charge in [0.2, 0.25) is 5.91 Å². The summed E-state index contributed by atoms with van der Waals surface area (Å²) in [5.41, 5.74) is 0. The van der Waals surface area contributed by atoms with Crippen LogP contribution in [0.25, 0.3) is 0 Å². The van der Waals surface area contributed by atoms with Crippen molar-refractivity contribution in [3.8, 4) is 0 Å². The monoisotopic (exact) mass is 255 g/mol. The lowest BCUT2D eigenvalue weighted by Gasteiger charge is -2.35. The molecule has 104 valence electrons. The van der Waals surface area contributed by atoms with E-state index in [0.29, 0.717) is 11.8 Å². The van der Waals surface area contributed by atoms with Crippen LogP contribution in [-0.2, 0) is 9.59 Å². The van der Waals surface area contributed by atoms with Gasteiger partial charge in [-0.2, -0.15) is 0 Å². The Morgan fingerprint density at radius 2 is 1.78 bits per heavy atom. The lowest BCUT2D eigenvalue weighted by molar-refractivity contribution is -0.146. The van der Waals surface area contributed by atoms with E-state index in [4.69, 9.17) is 5.11 Å². The van der Waals surface area contributed by atoms with E-state index < -0.39 is 17.8 Å². The summed E-state index contributed by atoms with van der Waals surface area (Å²) in [7, 11) is 0. The third-order valence-electron chi connectivity index (χ3n) is 4.59. The van der Waals surface area contributed by atoms with Crippen molar-refractivity contribution in [2.24, 2.45) is 23.7 Å². The zero-order valence-corrected chi connectivity index (χ0v) is 11.8. The van der Waals surface area contributed by atoms with Crippen molar-refractivity contribution in [2.45, 2.75) is 53.0 Å². The van der Waals surface area contributed by atoms with Gasteiger partial charge >= 0.3 is 5.97 Å². The highest BCUT2D eigenvalue weighted by Crippen LogP contribution is 2.29. The molecule has 0 bridgehead atoms. The van der Waals surface area contributed by atoms with E-state index in [1.165, 1.54) is 6.42 Å². The first-order valence-corrected chi connectivity index (χ1v) is 6.87. The van der Waals surface area contributed by atoms with Gasteiger partial charge in [0, 0.05) is 12.0 Å². The Hall–Kier alpha value is -1.06. The second-order valence-corrected chi connectivity index (χ2v) is 5.80. The van der Waals surface area contributed by atoms with E-state index in [-0.39, 0.29) is 11.9 Å². The van der Waals surface area contributed by atoms with Gasteiger partial charge in [0.1, 0.15) is 0 Å². The number of nitrogens with one attached hydrogen (secondary N) is 1. The summed E-state index contributed by atoms with van der Waals surface area (Å²) in [5, 5.41) is 12.0. The van der Waals surface area contributed by atoms with Crippen molar-refractivity contribution in [2.75, 3.05) is 0 Å². The summed E-state index contributed by atoms with van der Waals surface area (Å²) in [4.78, 5) is 22.9. The smallest absolute Gasteiger partial charge is 0.307 e. The number of hydrogen-bond donors (Lipinski definition) is 2. The molecule has 0 heterocycles. The molecule has 1 rings (SSSR count). The molecule has 1 saturated carbocycles. The van der Waals surface area contributed by atoms with Gasteiger partial charge in [-0.15, -0.1) is 0 Å². The molecule has 0 radical (unpaired) electrons. The maximum Gasteiger partial charge on any atom is 0.307 e. The summed E-state index contributed by atoms with van der Waals surface area (Å²) in [6, 6.07) is 0.199. The largest absolute Gasteiger partial charge is 0.481 e. The number of hydrogen-bond acceptors (Lipinski definition) is 2. The molecule has 0 aromatic heterocycles. The Bertz CT molecular complexity index is 316. The normalized spacial score (nSPS) is 31.4. The predicted molar refractivity (Wildman–Crippen MR) is 70.1 cm³/mol. The topological polar surface area (TPSA) is 66.4 Å². The first kappa shape index (κ1) is 15.0. The predicted octanol–water partition coefficient (Wildman–Crippen LogP) is 2.28. The zero-order chi connectivity index (χ0) is 13.9. The molecule has 5 unspecified atom stereocenters. The van der Waals surface area contributed by atoms with Gasteiger partial charge in [0.25, 0.3) is 0 Å². The van der Waals surface area contributed by atoms with Crippen LogP contribution in [0, 0.1) is 23.7 Å². The second-order valence-electron chi connectivity index (χ2n) is 5.80. The molecule has 0 saturated heterocycles. The number of rotatable bonds is 4. The highest BCUT2D eigenvalue weighted by atomic mass is 16.4. The highest BCUT2D eigenvalue weighted by Gasteiger charge is 2.31. The van der Waals surface area contributed by atoms with E-state index in [2.05, 4.69) is 19.2 Å². The first-order chi connectivity index (χ1) is 8.34. The summed E-state index contributed by atoms with van der Waals surface area (Å²) in [5.74, 6) is -1.07. The van der Waals surface area contributed by atoms with Crippen LogP contribution in [0.15, 0.2) is 0 Å². The van der Waals surface area contributed by atoms with Crippen molar-refractivity contribution in [1.29, 1.82) is 0 Å². The molecule has 4 nitrogen and oxygen atoms in total. The Kier molecular flexibility index (Phi) is 5.17. The lowest BCUT2D eigenvalue weighted by atomic mass is 9.78. The third-order valence-corrected chi connectivity index (χ3v) is 4.59. The Labute approximate surface area is 109 Å². The number of carbonyl (C=O) groups excluding carboxylic acids is 1. The standard InChI is InChI=1S/C14H25NO3/c1-8-6-5-7-12(9(8)2)15-13(16)10(3)11(4)14(17)18/h8-12H,5-7H2,1-4H3,(H,15,16)(H,17,18). The zero-order valence-electron chi connectivity index (χ0n) is 11.8. The second kappa shape index (κ2) is 6.21. The molecular weight excluding hydrogens is 230 g/mol. The van der Waals surface area contributed by atoms with Crippen LogP contribution in [0.4, 0.5) is 0 Å². The highest BCUT2D eigenvalue weighted by molar-refractivity contribution is 5.84. The fourth-order valence-corrected chi connectivity index (χ4v) is 2.54. The molecule has 4 heteroatoms. The minimum absolute atomic E-state index is 0.129. The Balaban J connectivity index is 2.56. The molecule has 0 aliphatic heterocycles. The number of carbonyl (C=O) groups is 2. The molecule has 1 aliphatic rings. The van der Waals surface area contributed by atoms with Crippen LogP contribution in [0.2, 0.25) is 0 Å². The maximum atomic E-state index is 12.0. The molecular formula is C14H25NO3. The van der Waals surface area contributed by atoms with Crippen LogP contribution in [0.3, 0.4) is 0 Å². The number of carboxylic acids is 1. The van der Waals surface area contributed by atoms with Gasteiger partial charge in [-0.05, 0) is 18.3 Å². The van der Waals surface area contributed by atoms with Crippen molar-refractivity contribution in [1.82, 2.24) is 5.32 Å². The third kappa shape index (κ3) is 3.47. The quantitative estimate of drug-likeness (QED) is 0.810. The number of aliphatic carboxylic acids is 1. The minimum atomic E-state index is -0.914. The summed E-state index contributed by atoms with van der Waals surface area (Å²) >= 11 is 0. The minimum Gasteiger partial charge on any atom is -0.481 e. The average Bonchev–Trinajstić information content (AvgIpc) is 2.32. The van der Waals surface area contributed by atoms with E-state index in [1.807, 2.05) is 0 Å². The molecule has 5 atom stereocenters. The molecule has 0 aromatic rings. The summed E-state index contributed by atoms with van der Waals surface area (Å²) in [6.45, 7) is 7.65. The van der Waals surface area contributed by atoms with E-state index >= 15 is 0 Å². The van der Waals surface area contributed by atoms with E-state index in [0.717, 1.165) is 12.8 Å². The van der Waals surface area contributed by atoms with Crippen molar-refractivity contribution in [3.05, 3.63) is 0 Å². The van der Waals surface area contributed by atoms with Gasteiger partial charge in [0.15, 0.2) is 0 Å². The molecule has 0 aromatic carbocycles. The number of carboxylic acid groups (broad SMARTS) is 1. The average molecular weight is 255 g/mol. The Morgan fingerprint density at radius 3 is 2.33 bits per heavy atom. The Morgan fingerprint density at radius 1 is 1.17 bits per heavy atom. The van der Waals surface area contributed by atoms with Crippen LogP contribution in [0.5, 0.6) is 0 Å². The van der Waals surface area contributed by atoms with Gasteiger partial charge in [-0.1, -0.05) is 40.5 Å². The van der Waals surface area contributed by atoms with Crippen LogP contribution in [-0.4, -0.2) is 23.0 Å². The van der Waals surface area contributed by atoms with Crippen LogP contribution in [0.1, 0.15) is 47.0 Å². The first-order valence-electron chi connectivity index (χ1n) is 6.87. The van der Waals surface area contributed by atoms with Crippen LogP contribution < -0.4 is 5.32 Å². The van der Waals surface area contributed by atoms with Gasteiger partial charge < -0.3 is 10.4 Å². The lowest BCUT2D eigenvalue weighted by Crippen LogP contribution is -2.47. The molecule has 1 aliphatic carbocycles. The molecule has 1 fully saturated rings. The van der Waals surface area contributed by atoms with Crippen LogP contribution >= 0.6 is 0 Å². The SMILES string of the molecule is CC1CCCC(NC(=O)C(C)C(C)C(=O)O)C1C. The summed E-state index contributed by atoms with van der Waals surface area (Å²) < 4.78 is 0. The molecule has 2 N–H and O–H groups in total. The van der Waals surface area contributed by atoms with Crippen molar-refractivity contribution < 1.29 is 14.7 Å². The molecule has 1 amide bonds.